The topological polar surface area (TPSA) is 12.9 Å². The van der Waals surface area contributed by atoms with Crippen LogP contribution >= 0.6 is 34.5 Å². The molecule has 0 radical (unpaired) electrons. The molecule has 0 saturated carbocycles. The van der Waals surface area contributed by atoms with E-state index >= 15 is 0 Å². The SMILES string of the molecule is Cc1ccc(C(CCl)(CCl)Cc2nc(C)cs2)cc1. The Morgan fingerprint density at radius 1 is 1.11 bits per heavy atom. The van der Waals surface area contributed by atoms with Crippen LogP contribution in [0.5, 0.6) is 0 Å². The second kappa shape index (κ2) is 6.25. The summed E-state index contributed by atoms with van der Waals surface area (Å²) in [6, 6.07) is 8.47. The number of benzene rings is 1. The number of rotatable bonds is 5. The summed E-state index contributed by atoms with van der Waals surface area (Å²) < 4.78 is 0. The Morgan fingerprint density at radius 3 is 2.21 bits per heavy atom. The normalized spacial score (nSPS) is 11.8. The van der Waals surface area contributed by atoms with E-state index in [1.165, 1.54) is 11.1 Å². The maximum Gasteiger partial charge on any atom is 0.0937 e. The summed E-state index contributed by atoms with van der Waals surface area (Å²) in [5.74, 6) is 0.996. The first-order chi connectivity index (χ1) is 9.09. The third kappa shape index (κ3) is 3.31. The molecule has 0 amide bonds. The lowest BCUT2D eigenvalue weighted by atomic mass is 9.81. The Morgan fingerprint density at radius 2 is 1.74 bits per heavy atom. The van der Waals surface area contributed by atoms with Crippen molar-refractivity contribution in [2.24, 2.45) is 0 Å². The van der Waals surface area contributed by atoms with Gasteiger partial charge in [-0.25, -0.2) is 4.98 Å². The molecule has 1 aromatic carbocycles. The first-order valence-corrected chi connectivity index (χ1v) is 8.14. The third-order valence-electron chi connectivity index (χ3n) is 3.33. The predicted molar refractivity (Wildman–Crippen MR) is 84.9 cm³/mol. The van der Waals surface area contributed by atoms with Gasteiger partial charge in [0.25, 0.3) is 0 Å². The van der Waals surface area contributed by atoms with Crippen molar-refractivity contribution in [2.75, 3.05) is 11.8 Å². The molecule has 0 spiro atoms. The fraction of sp³-hybridized carbons (Fsp3) is 0.400. The van der Waals surface area contributed by atoms with Gasteiger partial charge in [-0.1, -0.05) is 29.8 Å². The predicted octanol–water partition coefficient (Wildman–Crippen LogP) is 4.72. The van der Waals surface area contributed by atoms with Crippen LogP contribution in [0.1, 0.15) is 21.8 Å². The van der Waals surface area contributed by atoms with E-state index in [0.717, 1.165) is 17.1 Å². The van der Waals surface area contributed by atoms with E-state index in [1.807, 2.05) is 6.92 Å². The minimum Gasteiger partial charge on any atom is -0.247 e. The molecule has 2 rings (SSSR count). The standard InChI is InChI=1S/C15H17Cl2NS/c1-11-3-5-13(6-4-11)15(9-16,10-17)7-14-18-12(2)8-19-14/h3-6,8H,7,9-10H2,1-2H3. The molecule has 0 fully saturated rings. The van der Waals surface area contributed by atoms with Crippen molar-refractivity contribution < 1.29 is 0 Å². The molecule has 0 atom stereocenters. The van der Waals surface area contributed by atoms with Crippen LogP contribution in [0.15, 0.2) is 29.6 Å². The van der Waals surface area contributed by atoms with Crippen molar-refractivity contribution in [1.82, 2.24) is 4.98 Å². The first-order valence-electron chi connectivity index (χ1n) is 6.20. The van der Waals surface area contributed by atoms with Gasteiger partial charge in [0, 0.05) is 34.7 Å². The number of aromatic nitrogens is 1. The molecule has 0 bridgehead atoms. The average Bonchev–Trinajstić information content (AvgIpc) is 2.82. The minimum absolute atomic E-state index is 0.235. The molecule has 0 aliphatic carbocycles. The van der Waals surface area contributed by atoms with E-state index in [-0.39, 0.29) is 5.41 Å². The summed E-state index contributed by atoms with van der Waals surface area (Å²) in [6.07, 6.45) is 0.793. The van der Waals surface area contributed by atoms with Crippen molar-refractivity contribution in [3.8, 4) is 0 Å². The lowest BCUT2D eigenvalue weighted by Gasteiger charge is -2.29. The Balaban J connectivity index is 2.33. The second-order valence-electron chi connectivity index (χ2n) is 4.97. The third-order valence-corrected chi connectivity index (χ3v) is 5.32. The number of hydrogen-bond donors (Lipinski definition) is 0. The molecule has 0 saturated heterocycles. The molecule has 0 aliphatic heterocycles. The molecule has 1 nitrogen and oxygen atoms in total. The largest absolute Gasteiger partial charge is 0.247 e. The maximum atomic E-state index is 6.25. The van der Waals surface area contributed by atoms with Gasteiger partial charge in [-0.2, -0.15) is 0 Å². The monoisotopic (exact) mass is 313 g/mol. The highest BCUT2D eigenvalue weighted by Gasteiger charge is 2.32. The second-order valence-corrected chi connectivity index (χ2v) is 6.45. The van der Waals surface area contributed by atoms with Gasteiger partial charge >= 0.3 is 0 Å². The first kappa shape index (κ1) is 14.8. The highest BCUT2D eigenvalue weighted by Crippen LogP contribution is 2.32. The lowest BCUT2D eigenvalue weighted by molar-refractivity contribution is 0.534. The summed E-state index contributed by atoms with van der Waals surface area (Å²) in [7, 11) is 0. The van der Waals surface area contributed by atoms with Gasteiger partial charge < -0.3 is 0 Å². The van der Waals surface area contributed by atoms with Crippen LogP contribution in [-0.4, -0.2) is 16.7 Å². The summed E-state index contributed by atoms with van der Waals surface area (Å²) in [4.78, 5) is 4.54. The van der Waals surface area contributed by atoms with E-state index in [4.69, 9.17) is 23.2 Å². The van der Waals surface area contributed by atoms with Crippen molar-refractivity contribution >= 4 is 34.5 Å². The average molecular weight is 314 g/mol. The summed E-state index contributed by atoms with van der Waals surface area (Å²) >= 11 is 14.2. The van der Waals surface area contributed by atoms with Crippen molar-refractivity contribution in [3.05, 3.63) is 51.5 Å². The van der Waals surface area contributed by atoms with Gasteiger partial charge in [0.2, 0.25) is 0 Å². The Hall–Kier alpha value is -0.570. The van der Waals surface area contributed by atoms with Crippen LogP contribution in [0, 0.1) is 13.8 Å². The molecule has 19 heavy (non-hydrogen) atoms. The van der Waals surface area contributed by atoms with Gasteiger partial charge in [-0.15, -0.1) is 34.5 Å². The summed E-state index contributed by atoms with van der Waals surface area (Å²) in [5.41, 5.74) is 3.26. The maximum absolute atomic E-state index is 6.25. The van der Waals surface area contributed by atoms with Crippen LogP contribution in [-0.2, 0) is 11.8 Å². The molecule has 1 heterocycles. The van der Waals surface area contributed by atoms with Gasteiger partial charge in [-0.3, -0.25) is 0 Å². The highest BCUT2D eigenvalue weighted by atomic mass is 35.5. The Kier molecular flexibility index (Phi) is 4.88. The Labute approximate surface area is 128 Å². The molecule has 4 heteroatoms. The smallest absolute Gasteiger partial charge is 0.0937 e. The molecule has 0 unspecified atom stereocenters. The number of thiazole rings is 1. The molecule has 2 aromatic rings. The molecule has 102 valence electrons. The van der Waals surface area contributed by atoms with Crippen LogP contribution in [0.2, 0.25) is 0 Å². The summed E-state index contributed by atoms with van der Waals surface area (Å²) in [6.45, 7) is 4.09. The van der Waals surface area contributed by atoms with E-state index in [1.54, 1.807) is 11.3 Å². The van der Waals surface area contributed by atoms with Gasteiger partial charge in [-0.05, 0) is 19.4 Å². The van der Waals surface area contributed by atoms with Crippen LogP contribution in [0.25, 0.3) is 0 Å². The highest BCUT2D eigenvalue weighted by molar-refractivity contribution is 7.09. The van der Waals surface area contributed by atoms with E-state index < -0.39 is 0 Å². The van der Waals surface area contributed by atoms with Crippen LogP contribution in [0.3, 0.4) is 0 Å². The van der Waals surface area contributed by atoms with Gasteiger partial charge in [0.05, 0.1) is 5.01 Å². The quantitative estimate of drug-likeness (QED) is 0.728. The van der Waals surface area contributed by atoms with Crippen molar-refractivity contribution in [2.45, 2.75) is 25.7 Å². The van der Waals surface area contributed by atoms with Gasteiger partial charge in [0.15, 0.2) is 0 Å². The van der Waals surface area contributed by atoms with E-state index in [0.29, 0.717) is 11.8 Å². The van der Waals surface area contributed by atoms with E-state index in [9.17, 15) is 0 Å². The fourth-order valence-corrected chi connectivity index (χ4v) is 3.77. The molecular formula is C15H17Cl2NS. The zero-order chi connectivity index (χ0) is 13.9. The van der Waals surface area contributed by atoms with E-state index in [2.05, 4.69) is 41.6 Å². The van der Waals surface area contributed by atoms with Gasteiger partial charge in [0.1, 0.15) is 0 Å². The van der Waals surface area contributed by atoms with Crippen molar-refractivity contribution in [1.29, 1.82) is 0 Å². The zero-order valence-electron chi connectivity index (χ0n) is 11.1. The lowest BCUT2D eigenvalue weighted by Crippen LogP contribution is -2.33. The molecule has 1 aromatic heterocycles. The number of alkyl halides is 2. The van der Waals surface area contributed by atoms with Crippen molar-refractivity contribution in [3.63, 3.8) is 0 Å². The zero-order valence-corrected chi connectivity index (χ0v) is 13.4. The molecule has 0 aliphatic rings. The Bertz CT molecular complexity index is 529. The number of hydrogen-bond acceptors (Lipinski definition) is 2. The fourth-order valence-electron chi connectivity index (χ4n) is 2.07. The number of aryl methyl sites for hydroxylation is 2. The minimum atomic E-state index is -0.235. The molecule has 0 N–H and O–H groups in total. The molecular weight excluding hydrogens is 297 g/mol. The number of nitrogens with zero attached hydrogens (tertiary/aromatic N) is 1. The summed E-state index contributed by atoms with van der Waals surface area (Å²) in [5, 5.41) is 3.16. The number of halogens is 2. The van der Waals surface area contributed by atoms with Crippen LogP contribution < -0.4 is 0 Å². The van der Waals surface area contributed by atoms with Crippen LogP contribution in [0.4, 0.5) is 0 Å².